The highest BCUT2D eigenvalue weighted by Gasteiger charge is 2.49. The zero-order valence-corrected chi connectivity index (χ0v) is 28.8. The van der Waals surface area contributed by atoms with Crippen LogP contribution in [0.4, 0.5) is 37.2 Å². The summed E-state index contributed by atoms with van der Waals surface area (Å²) in [5, 5.41) is 18.2. The van der Waals surface area contributed by atoms with E-state index in [1.54, 1.807) is 18.9 Å². The van der Waals surface area contributed by atoms with Crippen molar-refractivity contribution in [3.8, 4) is 29.3 Å². The molecule has 3 saturated heterocycles. The van der Waals surface area contributed by atoms with E-state index in [-0.39, 0.29) is 70.4 Å². The number of fused-ring (bicyclic) bond motifs is 3. The number of likely N-dealkylation sites (tertiary alicyclic amines) is 1. The largest absolute Gasteiger partial charge is 0.461 e. The number of likely N-dealkylation sites (N-methyl/N-ethyl adjacent to an activating group) is 1. The number of amides is 1. The zero-order valence-electron chi connectivity index (χ0n) is 28.0. The van der Waals surface area contributed by atoms with E-state index in [1.165, 1.54) is 4.90 Å². The number of thiophene rings is 1. The van der Waals surface area contributed by atoms with Crippen LogP contribution in [0.2, 0.25) is 0 Å². The highest BCUT2D eigenvalue weighted by molar-refractivity contribution is 7.23. The van der Waals surface area contributed by atoms with E-state index in [9.17, 15) is 18.8 Å². The number of anilines is 2. The predicted molar refractivity (Wildman–Crippen MR) is 181 cm³/mol. The number of benzene rings is 2. The molecule has 0 radical (unpaired) electrons. The molecule has 4 aromatic rings. The Labute approximate surface area is 298 Å². The molecule has 10 nitrogen and oxygen atoms in total. The molecule has 272 valence electrons. The topological polar surface area (TPSA) is 135 Å². The van der Waals surface area contributed by atoms with Crippen LogP contribution in [0.25, 0.3) is 32.1 Å². The van der Waals surface area contributed by atoms with Crippen LogP contribution in [-0.4, -0.2) is 82.8 Å². The Balaban J connectivity index is 1.44. The SMILES string of the molecule is CC1C(N(C)c2nc(OCC34CCCN3CC(F)C4)nc3c(F)c(-c4ccc(F)c5sc(N)c(C#N)c45)c(C(F)(F)F)cc23)CCN1C(=O)CC#N. The molecule has 3 aliphatic rings. The fourth-order valence-electron chi connectivity index (χ4n) is 8.29. The van der Waals surface area contributed by atoms with Gasteiger partial charge in [0.2, 0.25) is 5.91 Å². The Hall–Kier alpha value is -4.87. The molecule has 7 rings (SSSR count). The molecule has 17 heteroatoms. The van der Waals surface area contributed by atoms with Gasteiger partial charge in [-0.25, -0.2) is 13.2 Å². The Morgan fingerprint density at radius 3 is 2.71 bits per heavy atom. The maximum atomic E-state index is 17.1. The maximum absolute atomic E-state index is 17.1. The lowest BCUT2D eigenvalue weighted by Gasteiger charge is -2.33. The van der Waals surface area contributed by atoms with E-state index in [0.717, 1.165) is 24.6 Å². The van der Waals surface area contributed by atoms with E-state index < -0.39 is 69.7 Å². The van der Waals surface area contributed by atoms with Gasteiger partial charge in [-0.15, -0.1) is 11.3 Å². The van der Waals surface area contributed by atoms with Gasteiger partial charge < -0.3 is 20.3 Å². The summed E-state index contributed by atoms with van der Waals surface area (Å²) in [6.45, 7) is 2.86. The van der Waals surface area contributed by atoms with Gasteiger partial charge in [-0.1, -0.05) is 6.07 Å². The molecule has 0 saturated carbocycles. The molecule has 3 fully saturated rings. The van der Waals surface area contributed by atoms with Crippen LogP contribution >= 0.6 is 11.3 Å². The first-order chi connectivity index (χ1) is 24.7. The van der Waals surface area contributed by atoms with Crippen LogP contribution in [0.15, 0.2) is 18.2 Å². The van der Waals surface area contributed by atoms with Gasteiger partial charge in [-0.2, -0.15) is 33.7 Å². The van der Waals surface area contributed by atoms with Gasteiger partial charge in [0, 0.05) is 48.9 Å². The van der Waals surface area contributed by atoms with Crippen LogP contribution in [0.1, 0.15) is 50.2 Å². The van der Waals surface area contributed by atoms with E-state index in [1.807, 2.05) is 17.0 Å². The van der Waals surface area contributed by atoms with Crippen molar-refractivity contribution in [1.82, 2.24) is 19.8 Å². The van der Waals surface area contributed by atoms with Crippen LogP contribution in [0.3, 0.4) is 0 Å². The standard InChI is InChI=1S/C35H32F6N8O2S/c1-17-24(7-11-49(17)25(50)6-9-42)47(2)32-20-12-22(35(39,40)41)27(19-4-5-23(37)30-26(19)21(14-43)31(44)52-30)28(38)29(20)45-33(46-32)51-16-34-8-3-10-48(34)15-18(36)13-34/h4-5,12,17-18,24H,3,6-8,10-11,13,15-16,44H2,1-2H3. The van der Waals surface area contributed by atoms with Gasteiger partial charge in [0.25, 0.3) is 0 Å². The van der Waals surface area contributed by atoms with Crippen molar-refractivity contribution in [1.29, 1.82) is 10.5 Å². The molecule has 4 unspecified atom stereocenters. The van der Waals surface area contributed by atoms with Gasteiger partial charge in [0.1, 0.15) is 47.4 Å². The van der Waals surface area contributed by atoms with Crippen LogP contribution < -0.4 is 15.4 Å². The fraction of sp³-hybridized carbons (Fsp3) is 0.457. The highest BCUT2D eigenvalue weighted by Crippen LogP contribution is 2.48. The van der Waals surface area contributed by atoms with Gasteiger partial charge in [0.15, 0.2) is 5.82 Å². The molecule has 1 amide bonds. The first-order valence-electron chi connectivity index (χ1n) is 16.6. The van der Waals surface area contributed by atoms with Crippen LogP contribution in [-0.2, 0) is 11.0 Å². The molecule has 0 aliphatic carbocycles. The molecule has 52 heavy (non-hydrogen) atoms. The fourth-order valence-corrected chi connectivity index (χ4v) is 9.24. The lowest BCUT2D eigenvalue weighted by atomic mass is 9.92. The highest BCUT2D eigenvalue weighted by atomic mass is 32.1. The molecule has 2 aromatic heterocycles. The van der Waals surface area contributed by atoms with E-state index in [0.29, 0.717) is 30.7 Å². The molecule has 2 aromatic carbocycles. The van der Waals surface area contributed by atoms with Crippen molar-refractivity contribution >= 4 is 49.1 Å². The molecule has 5 heterocycles. The van der Waals surface area contributed by atoms with Crippen molar-refractivity contribution in [2.24, 2.45) is 0 Å². The summed E-state index contributed by atoms with van der Waals surface area (Å²) < 4.78 is 97.6. The zero-order chi connectivity index (χ0) is 37.3. The summed E-state index contributed by atoms with van der Waals surface area (Å²) in [5.74, 6) is -2.77. The van der Waals surface area contributed by atoms with Gasteiger partial charge in [-0.05, 0) is 50.4 Å². The number of alkyl halides is 4. The number of carbonyl (C=O) groups excluding carboxylic acids is 1. The predicted octanol–water partition coefficient (Wildman–Crippen LogP) is 6.56. The van der Waals surface area contributed by atoms with Crippen molar-refractivity contribution in [3.63, 3.8) is 0 Å². The monoisotopic (exact) mass is 742 g/mol. The van der Waals surface area contributed by atoms with E-state index in [2.05, 4.69) is 9.97 Å². The second-order valence-corrected chi connectivity index (χ2v) is 14.6. The number of aromatic nitrogens is 2. The van der Waals surface area contributed by atoms with Crippen molar-refractivity contribution in [2.45, 2.75) is 69.0 Å². The number of carbonyl (C=O) groups is 1. The maximum Gasteiger partial charge on any atom is 0.417 e. The number of nitrogen functional groups attached to an aromatic ring is 1. The van der Waals surface area contributed by atoms with Gasteiger partial charge in [-0.3, -0.25) is 9.69 Å². The van der Waals surface area contributed by atoms with Crippen molar-refractivity contribution < 1.29 is 35.9 Å². The molecule has 3 aliphatic heterocycles. The van der Waals surface area contributed by atoms with Gasteiger partial charge in [0.05, 0.1) is 33.5 Å². The van der Waals surface area contributed by atoms with Crippen LogP contribution in [0, 0.1) is 34.3 Å². The molecular weight excluding hydrogens is 710 g/mol. The number of hydrogen-bond donors (Lipinski definition) is 1. The third-order valence-corrected chi connectivity index (χ3v) is 11.7. The molecular formula is C35H32F6N8O2S. The average Bonchev–Trinajstić information content (AvgIpc) is 3.84. The van der Waals surface area contributed by atoms with E-state index in [4.69, 9.17) is 15.7 Å². The van der Waals surface area contributed by atoms with Crippen molar-refractivity contribution in [3.05, 3.63) is 41.0 Å². The molecule has 0 bridgehead atoms. The summed E-state index contributed by atoms with van der Waals surface area (Å²) in [6.07, 6.45) is -4.55. The third-order valence-electron chi connectivity index (χ3n) is 10.7. The minimum absolute atomic E-state index is 0.0498. The molecule has 0 spiro atoms. The van der Waals surface area contributed by atoms with Crippen LogP contribution in [0.5, 0.6) is 6.01 Å². The number of hydrogen-bond acceptors (Lipinski definition) is 10. The number of halogens is 6. The number of ether oxygens (including phenoxy) is 1. The minimum atomic E-state index is -5.15. The number of rotatable bonds is 7. The lowest BCUT2D eigenvalue weighted by Crippen LogP contribution is -2.44. The number of nitriles is 2. The van der Waals surface area contributed by atoms with E-state index >= 15 is 17.6 Å². The second kappa shape index (κ2) is 13.0. The Kier molecular flexibility index (Phi) is 8.86. The summed E-state index contributed by atoms with van der Waals surface area (Å²) >= 11 is 0.663. The third kappa shape index (κ3) is 5.70. The summed E-state index contributed by atoms with van der Waals surface area (Å²) in [5.41, 5.74) is 1.70. The summed E-state index contributed by atoms with van der Waals surface area (Å²) in [7, 11) is 1.56. The Morgan fingerprint density at radius 2 is 2.00 bits per heavy atom. The quantitative estimate of drug-likeness (QED) is 0.209. The number of nitrogens with two attached hydrogens (primary N) is 1. The second-order valence-electron chi connectivity index (χ2n) is 13.6. The smallest absolute Gasteiger partial charge is 0.417 e. The van der Waals surface area contributed by atoms with Crippen molar-refractivity contribution in [2.75, 3.05) is 43.9 Å². The Bertz CT molecular complexity index is 2200. The summed E-state index contributed by atoms with van der Waals surface area (Å²) in [4.78, 5) is 26.5. The normalized spacial score (nSPS) is 23.3. The Morgan fingerprint density at radius 1 is 1.23 bits per heavy atom. The average molecular weight is 743 g/mol. The van der Waals surface area contributed by atoms with Gasteiger partial charge >= 0.3 is 12.2 Å². The first kappa shape index (κ1) is 35.5. The minimum Gasteiger partial charge on any atom is -0.461 e. The summed E-state index contributed by atoms with van der Waals surface area (Å²) in [6, 6.07) is 4.86. The lowest BCUT2D eigenvalue weighted by molar-refractivity contribution is -0.137. The molecule has 4 atom stereocenters. The first-order valence-corrected chi connectivity index (χ1v) is 17.4. The number of nitrogens with zero attached hydrogens (tertiary/aromatic N) is 7. The molecule has 2 N–H and O–H groups in total.